The Kier molecular flexibility index (Phi) is 4.54. The number of hydrogen-bond acceptors (Lipinski definition) is 4. The number of halogens is 1. The summed E-state index contributed by atoms with van der Waals surface area (Å²) < 4.78 is 6.19. The number of hydrogen-bond donors (Lipinski definition) is 0. The Hall–Kier alpha value is -0.880. The van der Waals surface area contributed by atoms with Gasteiger partial charge in [0.25, 0.3) is 5.91 Å². The monoisotopic (exact) mass is 359 g/mol. The van der Waals surface area contributed by atoms with Gasteiger partial charge in [0.1, 0.15) is 16.5 Å². The lowest BCUT2D eigenvalue weighted by Gasteiger charge is -2.27. The third kappa shape index (κ3) is 3.41. The van der Waals surface area contributed by atoms with E-state index in [1.807, 2.05) is 32.2 Å². The molecule has 4 nitrogen and oxygen atoms in total. The molecule has 0 radical (unpaired) electrons. The highest BCUT2D eigenvalue weighted by atomic mass is 79.9. The molecule has 1 aromatic heterocycles. The van der Waals surface area contributed by atoms with Crippen molar-refractivity contribution in [1.82, 2.24) is 4.90 Å². The highest BCUT2D eigenvalue weighted by Crippen LogP contribution is 2.28. The topological polar surface area (TPSA) is 46.6 Å². The van der Waals surface area contributed by atoms with Crippen LogP contribution in [-0.2, 0) is 9.53 Å². The van der Waals surface area contributed by atoms with Gasteiger partial charge in [0, 0.05) is 11.0 Å². The largest absolute Gasteiger partial charge is 0.458 e. The van der Waals surface area contributed by atoms with Gasteiger partial charge in [-0.05, 0) is 61.0 Å². The number of ether oxygens (including phenoxy) is 1. The molecule has 0 spiro atoms. The Morgan fingerprint density at radius 1 is 1.45 bits per heavy atom. The third-order valence-electron chi connectivity index (χ3n) is 3.00. The van der Waals surface area contributed by atoms with Crippen LogP contribution in [0.2, 0.25) is 0 Å². The van der Waals surface area contributed by atoms with Gasteiger partial charge >= 0.3 is 5.97 Å². The van der Waals surface area contributed by atoms with E-state index in [1.165, 1.54) is 11.3 Å². The van der Waals surface area contributed by atoms with Gasteiger partial charge in [-0.2, -0.15) is 0 Å². The van der Waals surface area contributed by atoms with Crippen molar-refractivity contribution in [3.8, 4) is 0 Å². The first-order chi connectivity index (χ1) is 9.29. The first-order valence-electron chi connectivity index (χ1n) is 6.56. The van der Waals surface area contributed by atoms with Crippen molar-refractivity contribution < 1.29 is 14.3 Å². The van der Waals surface area contributed by atoms with Crippen LogP contribution in [0.5, 0.6) is 0 Å². The molecule has 2 heterocycles. The van der Waals surface area contributed by atoms with E-state index < -0.39 is 11.6 Å². The second-order valence-electron chi connectivity index (χ2n) is 5.79. The molecule has 6 heteroatoms. The van der Waals surface area contributed by atoms with Crippen molar-refractivity contribution in [3.05, 3.63) is 20.8 Å². The number of esters is 1. The van der Waals surface area contributed by atoms with Crippen LogP contribution < -0.4 is 0 Å². The van der Waals surface area contributed by atoms with Gasteiger partial charge in [-0.1, -0.05) is 0 Å². The van der Waals surface area contributed by atoms with E-state index in [1.54, 1.807) is 4.90 Å². The van der Waals surface area contributed by atoms with Gasteiger partial charge in [0.05, 0.1) is 0 Å². The minimum Gasteiger partial charge on any atom is -0.458 e. The minimum atomic E-state index is -0.530. The zero-order valence-corrected chi connectivity index (χ0v) is 14.2. The number of nitrogens with zero attached hydrogens (tertiary/aromatic N) is 1. The fourth-order valence-corrected chi connectivity index (χ4v) is 3.70. The molecule has 2 rings (SSSR count). The Bertz CT molecular complexity index is 521. The van der Waals surface area contributed by atoms with E-state index in [9.17, 15) is 9.59 Å². The van der Waals surface area contributed by atoms with E-state index in [2.05, 4.69) is 15.9 Å². The molecule has 0 aliphatic carbocycles. The van der Waals surface area contributed by atoms with Crippen molar-refractivity contribution in [3.63, 3.8) is 0 Å². The lowest BCUT2D eigenvalue weighted by molar-refractivity contribution is -0.159. The fourth-order valence-electron chi connectivity index (χ4n) is 2.20. The fraction of sp³-hybridized carbons (Fsp3) is 0.571. The maximum atomic E-state index is 12.5. The first kappa shape index (κ1) is 15.5. The quantitative estimate of drug-likeness (QED) is 0.759. The molecule has 20 heavy (non-hydrogen) atoms. The minimum absolute atomic E-state index is 0.0970. The van der Waals surface area contributed by atoms with Crippen molar-refractivity contribution in [2.75, 3.05) is 6.54 Å². The predicted molar refractivity (Wildman–Crippen MR) is 81.9 cm³/mol. The molecule has 1 saturated heterocycles. The zero-order valence-electron chi connectivity index (χ0n) is 11.8. The SMILES string of the molecule is CC(C)(C)OC(=O)[C@@H]1CCCN1C(=O)c1sccc1Br. The van der Waals surface area contributed by atoms with Crippen molar-refractivity contribution in [1.29, 1.82) is 0 Å². The molecule has 1 aliphatic rings. The van der Waals surface area contributed by atoms with E-state index in [0.717, 1.165) is 10.9 Å². The predicted octanol–water partition coefficient (Wildman–Crippen LogP) is 3.46. The molecule has 0 aromatic carbocycles. The van der Waals surface area contributed by atoms with E-state index in [-0.39, 0.29) is 11.9 Å². The van der Waals surface area contributed by atoms with Crippen molar-refractivity contribution >= 4 is 39.1 Å². The first-order valence-corrected chi connectivity index (χ1v) is 8.23. The molecule has 0 N–H and O–H groups in total. The molecule has 1 aromatic rings. The normalized spacial score (nSPS) is 19.2. The van der Waals surface area contributed by atoms with Crippen LogP contribution in [0, 0.1) is 0 Å². The summed E-state index contributed by atoms with van der Waals surface area (Å²) in [7, 11) is 0. The molecule has 1 aliphatic heterocycles. The van der Waals surface area contributed by atoms with Crippen LogP contribution in [0.3, 0.4) is 0 Å². The maximum Gasteiger partial charge on any atom is 0.329 e. The Balaban J connectivity index is 2.13. The van der Waals surface area contributed by atoms with Gasteiger partial charge in [-0.15, -0.1) is 11.3 Å². The highest BCUT2D eigenvalue weighted by Gasteiger charge is 2.37. The number of rotatable bonds is 2. The highest BCUT2D eigenvalue weighted by molar-refractivity contribution is 9.10. The maximum absolute atomic E-state index is 12.5. The molecule has 1 atom stereocenters. The van der Waals surface area contributed by atoms with E-state index in [0.29, 0.717) is 17.8 Å². The zero-order chi connectivity index (χ0) is 14.9. The molecule has 0 saturated carbocycles. The van der Waals surface area contributed by atoms with Crippen LogP contribution in [0.25, 0.3) is 0 Å². The van der Waals surface area contributed by atoms with Crippen molar-refractivity contribution in [2.45, 2.75) is 45.3 Å². The van der Waals surface area contributed by atoms with E-state index in [4.69, 9.17) is 4.74 Å². The average Bonchev–Trinajstić information content (AvgIpc) is 2.93. The molecule has 0 unspecified atom stereocenters. The van der Waals surface area contributed by atoms with Crippen LogP contribution in [0.15, 0.2) is 15.9 Å². The summed E-state index contributed by atoms with van der Waals surface area (Å²) in [6, 6.07) is 1.38. The van der Waals surface area contributed by atoms with Gasteiger partial charge in [-0.3, -0.25) is 4.79 Å². The number of thiophene rings is 1. The Labute approximate surface area is 131 Å². The second-order valence-corrected chi connectivity index (χ2v) is 7.56. The summed E-state index contributed by atoms with van der Waals surface area (Å²) >= 11 is 4.75. The molecule has 110 valence electrons. The van der Waals surface area contributed by atoms with E-state index >= 15 is 0 Å². The van der Waals surface area contributed by atoms with Gasteiger partial charge in [-0.25, -0.2) is 4.79 Å². The van der Waals surface area contributed by atoms with Gasteiger partial charge in [0.15, 0.2) is 0 Å². The van der Waals surface area contributed by atoms with Crippen LogP contribution in [-0.4, -0.2) is 35.0 Å². The summed E-state index contributed by atoms with van der Waals surface area (Å²) in [5, 5.41) is 1.86. The molecule has 0 bridgehead atoms. The third-order valence-corrected chi connectivity index (χ3v) is 4.83. The van der Waals surface area contributed by atoms with Crippen LogP contribution >= 0.6 is 27.3 Å². The van der Waals surface area contributed by atoms with Crippen LogP contribution in [0.1, 0.15) is 43.3 Å². The summed E-state index contributed by atoms with van der Waals surface area (Å²) in [6.45, 7) is 6.11. The number of carbonyl (C=O) groups excluding carboxylic acids is 2. The number of carbonyl (C=O) groups is 2. The van der Waals surface area contributed by atoms with Crippen molar-refractivity contribution in [2.24, 2.45) is 0 Å². The van der Waals surface area contributed by atoms with Gasteiger partial charge in [0.2, 0.25) is 0 Å². The van der Waals surface area contributed by atoms with Gasteiger partial charge < -0.3 is 9.64 Å². The average molecular weight is 360 g/mol. The summed E-state index contributed by atoms with van der Waals surface area (Å²) in [5.74, 6) is -0.406. The molecule has 1 amide bonds. The summed E-state index contributed by atoms with van der Waals surface area (Å²) in [6.07, 6.45) is 1.50. The van der Waals surface area contributed by atoms with Crippen LogP contribution in [0.4, 0.5) is 0 Å². The Morgan fingerprint density at radius 3 is 2.70 bits per heavy atom. The molecular formula is C14H18BrNO3S. The molecular weight excluding hydrogens is 342 g/mol. The standard InChI is InChI=1S/C14H18BrNO3S/c1-14(2,3)19-13(18)10-5-4-7-16(10)12(17)11-9(15)6-8-20-11/h6,8,10H,4-5,7H2,1-3H3/t10-/m0/s1. The summed E-state index contributed by atoms with van der Waals surface area (Å²) in [4.78, 5) is 27.0. The molecule has 1 fully saturated rings. The Morgan fingerprint density at radius 2 is 2.15 bits per heavy atom. The second kappa shape index (κ2) is 5.85. The number of amides is 1. The lowest BCUT2D eigenvalue weighted by Crippen LogP contribution is -2.43. The lowest BCUT2D eigenvalue weighted by atomic mass is 10.1. The number of likely N-dealkylation sites (tertiary alicyclic amines) is 1. The summed E-state index contributed by atoms with van der Waals surface area (Å²) in [5.41, 5.74) is -0.530. The smallest absolute Gasteiger partial charge is 0.329 e.